The predicted molar refractivity (Wildman–Crippen MR) is 78.7 cm³/mol. The minimum Gasteiger partial charge on any atom is -0.383 e. The molecule has 3 rings (SSSR count). The Kier molecular flexibility index (Phi) is 3.78. The molecule has 0 bridgehead atoms. The third kappa shape index (κ3) is 2.59. The highest BCUT2D eigenvalue weighted by molar-refractivity contribution is 6.31. The van der Waals surface area contributed by atoms with Crippen LogP contribution in [0.4, 0.5) is 4.39 Å². The third-order valence-corrected chi connectivity index (χ3v) is 5.15. The van der Waals surface area contributed by atoms with Crippen LogP contribution < -0.4 is 5.32 Å². The number of hydrogen-bond donors (Lipinski definition) is 1. The Morgan fingerprint density at radius 1 is 1.35 bits per heavy atom. The van der Waals surface area contributed by atoms with E-state index in [0.717, 1.165) is 18.7 Å². The van der Waals surface area contributed by atoms with Crippen molar-refractivity contribution in [2.24, 2.45) is 5.41 Å². The lowest BCUT2D eigenvalue weighted by atomic mass is 9.56. The van der Waals surface area contributed by atoms with E-state index < -0.39 is 0 Å². The number of methoxy groups -OCH3 is 1. The zero-order chi connectivity index (χ0) is 14.2. The molecule has 20 heavy (non-hydrogen) atoms. The molecule has 2 aliphatic carbocycles. The first-order valence-electron chi connectivity index (χ1n) is 7.24. The molecule has 0 unspecified atom stereocenters. The highest BCUT2D eigenvalue weighted by Crippen LogP contribution is 2.69. The van der Waals surface area contributed by atoms with E-state index in [4.69, 9.17) is 16.3 Å². The maximum atomic E-state index is 13.3. The highest BCUT2D eigenvalue weighted by Gasteiger charge is 2.61. The summed E-state index contributed by atoms with van der Waals surface area (Å²) in [5, 5.41) is 4.02. The second-order valence-electron chi connectivity index (χ2n) is 6.43. The van der Waals surface area contributed by atoms with Crippen molar-refractivity contribution in [3.63, 3.8) is 0 Å². The summed E-state index contributed by atoms with van der Waals surface area (Å²) in [6.45, 7) is 2.44. The van der Waals surface area contributed by atoms with Gasteiger partial charge in [0.15, 0.2) is 0 Å². The molecule has 0 radical (unpaired) electrons. The van der Waals surface area contributed by atoms with Gasteiger partial charge in [-0.1, -0.05) is 17.7 Å². The van der Waals surface area contributed by atoms with Gasteiger partial charge in [0.05, 0.1) is 6.61 Å². The monoisotopic (exact) mass is 297 g/mol. The standard InChI is InChI=1S/C16H21ClFNO/c1-20-7-6-19-11-16(9-15(10-16)4-5-15)13-3-2-12(18)8-14(13)17/h2-3,8,19H,4-7,9-11H2,1H3. The van der Waals surface area contributed by atoms with Crippen LogP contribution in [-0.4, -0.2) is 26.8 Å². The van der Waals surface area contributed by atoms with Crippen molar-refractivity contribution in [1.29, 1.82) is 0 Å². The Morgan fingerprint density at radius 3 is 2.70 bits per heavy atom. The first-order chi connectivity index (χ1) is 9.59. The minimum atomic E-state index is -0.262. The van der Waals surface area contributed by atoms with Gasteiger partial charge in [0, 0.05) is 30.6 Å². The van der Waals surface area contributed by atoms with Crippen LogP contribution in [0.1, 0.15) is 31.2 Å². The Labute approximate surface area is 124 Å². The van der Waals surface area contributed by atoms with Crippen LogP contribution in [0.5, 0.6) is 0 Å². The number of hydrogen-bond acceptors (Lipinski definition) is 2. The first kappa shape index (κ1) is 14.3. The van der Waals surface area contributed by atoms with Crippen molar-refractivity contribution < 1.29 is 9.13 Å². The fourth-order valence-corrected chi connectivity index (χ4v) is 4.11. The van der Waals surface area contributed by atoms with Gasteiger partial charge in [-0.3, -0.25) is 0 Å². The van der Waals surface area contributed by atoms with Crippen LogP contribution >= 0.6 is 11.6 Å². The molecule has 2 saturated carbocycles. The number of nitrogens with one attached hydrogen (secondary N) is 1. The maximum Gasteiger partial charge on any atom is 0.124 e. The van der Waals surface area contributed by atoms with Gasteiger partial charge < -0.3 is 10.1 Å². The molecule has 2 fully saturated rings. The van der Waals surface area contributed by atoms with Gasteiger partial charge in [-0.25, -0.2) is 4.39 Å². The van der Waals surface area contributed by atoms with Crippen LogP contribution in [0.15, 0.2) is 18.2 Å². The van der Waals surface area contributed by atoms with E-state index in [1.165, 1.54) is 37.8 Å². The molecule has 0 amide bonds. The molecule has 1 N–H and O–H groups in total. The van der Waals surface area contributed by atoms with Gasteiger partial charge in [-0.2, -0.15) is 0 Å². The lowest BCUT2D eigenvalue weighted by molar-refractivity contribution is 0.112. The third-order valence-electron chi connectivity index (χ3n) is 4.83. The largest absolute Gasteiger partial charge is 0.383 e. The molecular formula is C16H21ClFNO. The Morgan fingerprint density at radius 2 is 2.10 bits per heavy atom. The minimum absolute atomic E-state index is 0.0784. The summed E-state index contributed by atoms with van der Waals surface area (Å²) in [7, 11) is 1.71. The second kappa shape index (κ2) is 5.28. The highest BCUT2D eigenvalue weighted by atomic mass is 35.5. The molecule has 0 aliphatic heterocycles. The molecule has 1 aromatic rings. The van der Waals surface area contributed by atoms with Crippen LogP contribution in [0.3, 0.4) is 0 Å². The van der Waals surface area contributed by atoms with Crippen molar-refractivity contribution in [2.45, 2.75) is 31.1 Å². The molecule has 2 aliphatic rings. The first-order valence-corrected chi connectivity index (χ1v) is 7.62. The summed E-state index contributed by atoms with van der Waals surface area (Å²) < 4.78 is 18.3. The van der Waals surface area contributed by atoms with E-state index in [1.807, 2.05) is 6.07 Å². The summed E-state index contributed by atoms with van der Waals surface area (Å²) in [4.78, 5) is 0. The van der Waals surface area contributed by atoms with Crippen molar-refractivity contribution in [3.05, 3.63) is 34.6 Å². The summed E-state index contributed by atoms with van der Waals surface area (Å²) in [6, 6.07) is 4.83. The van der Waals surface area contributed by atoms with E-state index in [9.17, 15) is 4.39 Å². The van der Waals surface area contributed by atoms with Gasteiger partial charge in [0.2, 0.25) is 0 Å². The lowest BCUT2D eigenvalue weighted by Gasteiger charge is -2.50. The zero-order valence-electron chi connectivity index (χ0n) is 11.8. The summed E-state index contributed by atoms with van der Waals surface area (Å²) >= 11 is 6.29. The Balaban J connectivity index is 1.75. The fraction of sp³-hybridized carbons (Fsp3) is 0.625. The molecule has 1 aromatic carbocycles. The van der Waals surface area contributed by atoms with E-state index in [1.54, 1.807) is 7.11 Å². The molecule has 4 heteroatoms. The van der Waals surface area contributed by atoms with E-state index >= 15 is 0 Å². The van der Waals surface area contributed by atoms with Crippen molar-refractivity contribution in [1.82, 2.24) is 5.32 Å². The molecule has 1 spiro atoms. The average molecular weight is 298 g/mol. The summed E-state index contributed by atoms with van der Waals surface area (Å²) in [6.07, 6.45) is 5.02. The van der Waals surface area contributed by atoms with Gasteiger partial charge >= 0.3 is 0 Å². The van der Waals surface area contributed by atoms with Gasteiger partial charge in [0.1, 0.15) is 5.82 Å². The molecular weight excluding hydrogens is 277 g/mol. The fourth-order valence-electron chi connectivity index (χ4n) is 3.75. The lowest BCUT2D eigenvalue weighted by Crippen LogP contribution is -2.50. The predicted octanol–water partition coefficient (Wildman–Crippen LogP) is 3.53. The second-order valence-corrected chi connectivity index (χ2v) is 6.83. The topological polar surface area (TPSA) is 21.3 Å². The molecule has 0 heterocycles. The van der Waals surface area contributed by atoms with Gasteiger partial charge in [0.25, 0.3) is 0 Å². The number of halogens is 2. The smallest absolute Gasteiger partial charge is 0.124 e. The van der Waals surface area contributed by atoms with Crippen molar-refractivity contribution >= 4 is 11.6 Å². The van der Waals surface area contributed by atoms with E-state index in [0.29, 0.717) is 17.0 Å². The summed E-state index contributed by atoms with van der Waals surface area (Å²) in [5.41, 5.74) is 1.75. The molecule has 0 saturated heterocycles. The van der Waals surface area contributed by atoms with E-state index in [2.05, 4.69) is 5.32 Å². The Bertz CT molecular complexity index is 493. The van der Waals surface area contributed by atoms with Gasteiger partial charge in [-0.05, 0) is 48.8 Å². The number of rotatable bonds is 6. The van der Waals surface area contributed by atoms with Crippen LogP contribution in [0.25, 0.3) is 0 Å². The quantitative estimate of drug-likeness (QED) is 0.811. The molecule has 0 aromatic heterocycles. The van der Waals surface area contributed by atoms with Crippen molar-refractivity contribution in [3.8, 4) is 0 Å². The zero-order valence-corrected chi connectivity index (χ0v) is 12.6. The normalized spacial score (nSPS) is 21.8. The number of ether oxygens (including phenoxy) is 1. The van der Waals surface area contributed by atoms with E-state index in [-0.39, 0.29) is 11.2 Å². The molecule has 0 atom stereocenters. The van der Waals surface area contributed by atoms with Crippen molar-refractivity contribution in [2.75, 3.05) is 26.8 Å². The molecule has 2 nitrogen and oxygen atoms in total. The van der Waals surface area contributed by atoms with Crippen LogP contribution in [0.2, 0.25) is 5.02 Å². The average Bonchev–Trinajstić information content (AvgIpc) is 3.14. The molecule has 110 valence electrons. The van der Waals surface area contributed by atoms with Crippen LogP contribution in [-0.2, 0) is 10.2 Å². The summed E-state index contributed by atoms with van der Waals surface area (Å²) in [5.74, 6) is -0.262. The Hall–Kier alpha value is -0.640. The van der Waals surface area contributed by atoms with Crippen LogP contribution in [0, 0.1) is 11.2 Å². The SMILES string of the molecule is COCCNCC1(c2ccc(F)cc2Cl)CC2(CC2)C1. The van der Waals surface area contributed by atoms with Gasteiger partial charge in [-0.15, -0.1) is 0 Å². The maximum absolute atomic E-state index is 13.3. The number of benzene rings is 1.